The van der Waals surface area contributed by atoms with Crippen molar-refractivity contribution >= 4 is 11.6 Å². The predicted octanol–water partition coefficient (Wildman–Crippen LogP) is 2.39. The second-order valence-electron chi connectivity index (χ2n) is 4.28. The number of rotatable bonds is 1. The van der Waals surface area contributed by atoms with Crippen LogP contribution in [-0.2, 0) is 6.42 Å². The first-order valence-electron chi connectivity index (χ1n) is 5.71. The van der Waals surface area contributed by atoms with E-state index in [4.69, 9.17) is 17.3 Å². The van der Waals surface area contributed by atoms with E-state index in [2.05, 4.69) is 10.2 Å². The molecule has 2 N–H and O–H groups in total. The summed E-state index contributed by atoms with van der Waals surface area (Å²) >= 11 is 5.99. The molecule has 0 saturated heterocycles. The van der Waals surface area contributed by atoms with Gasteiger partial charge in [-0.15, -0.1) is 10.2 Å². The molecule has 1 aromatic heterocycles. The minimum absolute atomic E-state index is 0.0252. The summed E-state index contributed by atoms with van der Waals surface area (Å²) in [6.45, 7) is 0. The molecule has 0 radical (unpaired) electrons. The third-order valence-electron chi connectivity index (χ3n) is 3.08. The zero-order valence-corrected chi connectivity index (χ0v) is 10.1. The number of aromatic nitrogens is 3. The van der Waals surface area contributed by atoms with Gasteiger partial charge in [0.05, 0.1) is 6.17 Å². The first kappa shape index (κ1) is 10.7. The van der Waals surface area contributed by atoms with Crippen molar-refractivity contribution in [3.63, 3.8) is 0 Å². The fourth-order valence-corrected chi connectivity index (χ4v) is 2.46. The summed E-state index contributed by atoms with van der Waals surface area (Å²) in [6, 6.07) is 7.62. The molecule has 1 aliphatic heterocycles. The van der Waals surface area contributed by atoms with Gasteiger partial charge in [-0.3, -0.25) is 4.57 Å². The van der Waals surface area contributed by atoms with Crippen molar-refractivity contribution in [2.75, 3.05) is 0 Å². The lowest BCUT2D eigenvalue weighted by Crippen LogP contribution is -2.25. The van der Waals surface area contributed by atoms with Crippen molar-refractivity contribution in [1.82, 2.24) is 14.8 Å². The van der Waals surface area contributed by atoms with Crippen LogP contribution in [0.15, 0.2) is 24.3 Å². The van der Waals surface area contributed by atoms with Crippen LogP contribution < -0.4 is 5.73 Å². The van der Waals surface area contributed by atoms with E-state index >= 15 is 0 Å². The Balaban J connectivity index is 2.13. The Bertz CT molecular complexity index is 549. The maximum Gasteiger partial charge on any atom is 0.165 e. The van der Waals surface area contributed by atoms with Crippen LogP contribution in [0.5, 0.6) is 0 Å². The smallest absolute Gasteiger partial charge is 0.165 e. The molecule has 1 atom stereocenters. The van der Waals surface area contributed by atoms with Gasteiger partial charge < -0.3 is 5.73 Å². The van der Waals surface area contributed by atoms with Crippen molar-refractivity contribution in [3.8, 4) is 11.4 Å². The van der Waals surface area contributed by atoms with Crippen LogP contribution >= 0.6 is 11.6 Å². The first-order chi connectivity index (χ1) is 8.25. The summed E-state index contributed by atoms with van der Waals surface area (Å²) in [5.41, 5.74) is 7.08. The SMILES string of the molecule is NC1CCCc2nnc(-c3cccc(Cl)c3)n21. The minimum Gasteiger partial charge on any atom is -0.311 e. The quantitative estimate of drug-likeness (QED) is 0.843. The molecule has 88 valence electrons. The number of benzene rings is 1. The van der Waals surface area contributed by atoms with Gasteiger partial charge in [0, 0.05) is 17.0 Å². The summed E-state index contributed by atoms with van der Waals surface area (Å²) in [6.07, 6.45) is 2.97. The second-order valence-corrected chi connectivity index (χ2v) is 4.72. The van der Waals surface area contributed by atoms with Gasteiger partial charge in [-0.1, -0.05) is 23.7 Å². The lowest BCUT2D eigenvalue weighted by molar-refractivity contribution is 0.412. The zero-order chi connectivity index (χ0) is 11.8. The molecule has 2 heterocycles. The standard InChI is InChI=1S/C12H13ClN4/c13-9-4-1-3-8(7-9)12-16-15-11-6-2-5-10(14)17(11)12/h1,3-4,7,10H,2,5-6,14H2. The summed E-state index contributed by atoms with van der Waals surface area (Å²) in [5.74, 6) is 1.79. The average Bonchev–Trinajstić information content (AvgIpc) is 2.74. The van der Waals surface area contributed by atoms with Crippen molar-refractivity contribution in [2.45, 2.75) is 25.4 Å². The van der Waals surface area contributed by atoms with Crippen LogP contribution in [0.2, 0.25) is 5.02 Å². The van der Waals surface area contributed by atoms with Crippen molar-refractivity contribution < 1.29 is 0 Å². The molecule has 0 amide bonds. The maximum atomic E-state index is 6.12. The van der Waals surface area contributed by atoms with Crippen LogP contribution in [0, 0.1) is 0 Å². The lowest BCUT2D eigenvalue weighted by Gasteiger charge is -2.22. The Morgan fingerprint density at radius 3 is 3.06 bits per heavy atom. The van der Waals surface area contributed by atoms with E-state index in [0.717, 1.165) is 36.5 Å². The molecule has 2 aromatic rings. The van der Waals surface area contributed by atoms with Gasteiger partial charge in [-0.2, -0.15) is 0 Å². The van der Waals surface area contributed by atoms with Gasteiger partial charge in [0.1, 0.15) is 5.82 Å². The van der Waals surface area contributed by atoms with E-state index in [1.807, 2.05) is 28.8 Å². The maximum absolute atomic E-state index is 6.12. The Morgan fingerprint density at radius 1 is 1.35 bits per heavy atom. The fraction of sp³-hybridized carbons (Fsp3) is 0.333. The number of halogens is 1. The number of nitrogens with zero attached hydrogens (tertiary/aromatic N) is 3. The number of nitrogens with two attached hydrogens (primary N) is 1. The highest BCUT2D eigenvalue weighted by Crippen LogP contribution is 2.28. The van der Waals surface area contributed by atoms with Gasteiger partial charge in [0.25, 0.3) is 0 Å². The molecule has 17 heavy (non-hydrogen) atoms. The largest absolute Gasteiger partial charge is 0.311 e. The number of hydrogen-bond acceptors (Lipinski definition) is 3. The highest BCUT2D eigenvalue weighted by Gasteiger charge is 2.22. The van der Waals surface area contributed by atoms with Crippen LogP contribution in [0.4, 0.5) is 0 Å². The molecule has 1 unspecified atom stereocenters. The molecule has 0 saturated carbocycles. The van der Waals surface area contributed by atoms with E-state index in [0.29, 0.717) is 5.02 Å². The van der Waals surface area contributed by atoms with E-state index in [1.54, 1.807) is 0 Å². The highest BCUT2D eigenvalue weighted by molar-refractivity contribution is 6.30. The van der Waals surface area contributed by atoms with E-state index in [9.17, 15) is 0 Å². The van der Waals surface area contributed by atoms with Crippen LogP contribution in [0.1, 0.15) is 24.8 Å². The number of fused-ring (bicyclic) bond motifs is 1. The summed E-state index contributed by atoms with van der Waals surface area (Å²) in [7, 11) is 0. The molecular weight excluding hydrogens is 236 g/mol. The molecule has 0 bridgehead atoms. The van der Waals surface area contributed by atoms with Crippen LogP contribution in [0.25, 0.3) is 11.4 Å². The molecule has 0 spiro atoms. The van der Waals surface area contributed by atoms with Crippen LogP contribution in [0.3, 0.4) is 0 Å². The molecule has 4 nitrogen and oxygen atoms in total. The minimum atomic E-state index is -0.0252. The van der Waals surface area contributed by atoms with E-state index in [-0.39, 0.29) is 6.17 Å². The monoisotopic (exact) mass is 248 g/mol. The van der Waals surface area contributed by atoms with E-state index < -0.39 is 0 Å². The summed E-state index contributed by atoms with van der Waals surface area (Å²) in [4.78, 5) is 0. The lowest BCUT2D eigenvalue weighted by atomic mass is 10.1. The number of hydrogen-bond donors (Lipinski definition) is 1. The summed E-state index contributed by atoms with van der Waals surface area (Å²) in [5, 5.41) is 9.14. The van der Waals surface area contributed by atoms with Crippen LogP contribution in [-0.4, -0.2) is 14.8 Å². The first-order valence-corrected chi connectivity index (χ1v) is 6.09. The Labute approximate surface area is 104 Å². The third kappa shape index (κ3) is 1.83. The zero-order valence-electron chi connectivity index (χ0n) is 9.31. The molecule has 1 aliphatic rings. The van der Waals surface area contributed by atoms with E-state index in [1.165, 1.54) is 0 Å². The molecular formula is C12H13ClN4. The van der Waals surface area contributed by atoms with Crippen molar-refractivity contribution in [3.05, 3.63) is 35.1 Å². The van der Waals surface area contributed by atoms with Gasteiger partial charge in [0.15, 0.2) is 5.82 Å². The molecule has 3 rings (SSSR count). The molecule has 5 heteroatoms. The van der Waals surface area contributed by atoms with Gasteiger partial charge >= 0.3 is 0 Å². The Hall–Kier alpha value is -1.39. The molecule has 1 aromatic carbocycles. The van der Waals surface area contributed by atoms with Crippen molar-refractivity contribution in [1.29, 1.82) is 0 Å². The Kier molecular flexibility index (Phi) is 2.61. The predicted molar refractivity (Wildman–Crippen MR) is 66.6 cm³/mol. The average molecular weight is 249 g/mol. The van der Waals surface area contributed by atoms with Gasteiger partial charge in [-0.25, -0.2) is 0 Å². The second kappa shape index (κ2) is 4.13. The summed E-state index contributed by atoms with van der Waals surface area (Å²) < 4.78 is 2.02. The normalized spacial score (nSPS) is 19.1. The highest BCUT2D eigenvalue weighted by atomic mass is 35.5. The topological polar surface area (TPSA) is 56.7 Å². The molecule has 0 fully saturated rings. The number of aryl methyl sites for hydroxylation is 1. The Morgan fingerprint density at radius 2 is 2.24 bits per heavy atom. The molecule has 0 aliphatic carbocycles. The fourth-order valence-electron chi connectivity index (χ4n) is 2.27. The third-order valence-corrected chi connectivity index (χ3v) is 3.32. The van der Waals surface area contributed by atoms with Crippen molar-refractivity contribution in [2.24, 2.45) is 5.73 Å². The van der Waals surface area contributed by atoms with Gasteiger partial charge in [0.2, 0.25) is 0 Å². The van der Waals surface area contributed by atoms with Gasteiger partial charge in [-0.05, 0) is 25.0 Å².